The minimum atomic E-state index is -4.80. The zero-order chi connectivity index (χ0) is 25.3. The Morgan fingerprint density at radius 1 is 1.08 bits per heavy atom. The first-order valence-electron chi connectivity index (χ1n) is 10.9. The van der Waals surface area contributed by atoms with Crippen LogP contribution >= 0.6 is 11.6 Å². The van der Waals surface area contributed by atoms with E-state index >= 15 is 0 Å². The van der Waals surface area contributed by atoms with Crippen LogP contribution in [0, 0.1) is 0 Å². The Balaban J connectivity index is 1.44. The van der Waals surface area contributed by atoms with Crippen molar-refractivity contribution in [2.75, 3.05) is 13.7 Å². The van der Waals surface area contributed by atoms with E-state index in [1.165, 1.54) is 18.2 Å². The number of rotatable bonds is 7. The molecule has 188 valence electrons. The monoisotopic (exact) mass is 519 g/mol. The molecule has 2 aromatic carbocycles. The van der Waals surface area contributed by atoms with Crippen molar-refractivity contribution >= 4 is 17.4 Å². The van der Waals surface area contributed by atoms with Crippen LogP contribution in [-0.4, -0.2) is 52.1 Å². The molecular formula is C24H21ClF3N5O3. The van der Waals surface area contributed by atoms with E-state index in [0.29, 0.717) is 36.4 Å². The zero-order valence-corrected chi connectivity index (χ0v) is 19.8. The predicted octanol–water partition coefficient (Wildman–Crippen LogP) is 5.05. The van der Waals surface area contributed by atoms with Gasteiger partial charge in [0, 0.05) is 36.9 Å². The van der Waals surface area contributed by atoms with Crippen LogP contribution in [0.1, 0.15) is 11.3 Å². The second kappa shape index (κ2) is 9.65. The second-order valence-electron chi connectivity index (χ2n) is 8.25. The molecular weight excluding hydrogens is 499 g/mol. The number of nitrogens with zero attached hydrogens (tertiary/aromatic N) is 5. The molecule has 0 saturated carbocycles. The third-order valence-electron chi connectivity index (χ3n) is 5.50. The van der Waals surface area contributed by atoms with Crippen LogP contribution in [0.2, 0.25) is 5.02 Å². The lowest BCUT2D eigenvalue weighted by Gasteiger charge is -2.35. The van der Waals surface area contributed by atoms with Crippen LogP contribution in [0.4, 0.5) is 13.2 Å². The van der Waals surface area contributed by atoms with Crippen LogP contribution in [-0.2, 0) is 13.1 Å². The maximum Gasteiger partial charge on any atom is 0.573 e. The average molecular weight is 520 g/mol. The van der Waals surface area contributed by atoms with Crippen molar-refractivity contribution in [1.29, 1.82) is 0 Å². The lowest BCUT2D eigenvalue weighted by Crippen LogP contribution is -2.44. The van der Waals surface area contributed by atoms with Gasteiger partial charge < -0.3 is 28.7 Å². The van der Waals surface area contributed by atoms with Crippen LogP contribution in [0.15, 0.2) is 82.2 Å². The molecule has 3 aromatic rings. The van der Waals surface area contributed by atoms with E-state index in [-0.39, 0.29) is 11.5 Å². The smallest absolute Gasteiger partial charge is 0.450 e. The van der Waals surface area contributed by atoms with E-state index < -0.39 is 12.7 Å². The minimum absolute atomic E-state index is 0.188. The van der Waals surface area contributed by atoms with Crippen LogP contribution in [0.25, 0.3) is 0 Å². The van der Waals surface area contributed by atoms with Crippen molar-refractivity contribution in [3.63, 3.8) is 0 Å². The van der Waals surface area contributed by atoms with Gasteiger partial charge in [-0.2, -0.15) is 0 Å². The van der Waals surface area contributed by atoms with Gasteiger partial charge in [0.2, 0.25) is 0 Å². The standard InChI is InChI=1S/C24H21ClF3N5O3/c1-31-15-32(13-20-9-10-29-36-20)14-21-22(31)30-23(33(21)12-16-5-7-17(25)8-6-16)34-18-3-2-4-19(11-18)35-24(26,27)28/h2-11,14,23H,12-13,15H2,1H3. The first-order chi connectivity index (χ1) is 17.2. The molecule has 0 radical (unpaired) electrons. The normalized spacial score (nSPS) is 17.6. The topological polar surface area (TPSA) is 66.6 Å². The quantitative estimate of drug-likeness (QED) is 0.433. The van der Waals surface area contributed by atoms with Crippen molar-refractivity contribution < 1.29 is 27.2 Å². The summed E-state index contributed by atoms with van der Waals surface area (Å²) in [5, 5.41) is 4.37. The van der Waals surface area contributed by atoms with E-state index in [2.05, 4.69) is 9.89 Å². The Labute approximate surface area is 209 Å². The van der Waals surface area contributed by atoms with Crippen molar-refractivity contribution in [1.82, 2.24) is 19.9 Å². The third-order valence-corrected chi connectivity index (χ3v) is 5.75. The summed E-state index contributed by atoms with van der Waals surface area (Å²) in [6, 6.07) is 14.6. The van der Waals surface area contributed by atoms with Gasteiger partial charge in [0.1, 0.15) is 17.2 Å². The summed E-state index contributed by atoms with van der Waals surface area (Å²) < 4.78 is 53.4. The van der Waals surface area contributed by atoms with E-state index in [1.807, 2.05) is 40.1 Å². The largest absolute Gasteiger partial charge is 0.573 e. The van der Waals surface area contributed by atoms with Gasteiger partial charge in [0.05, 0.1) is 19.4 Å². The number of halogens is 4. The van der Waals surface area contributed by atoms with E-state index in [9.17, 15) is 13.2 Å². The minimum Gasteiger partial charge on any atom is -0.450 e. The van der Waals surface area contributed by atoms with Gasteiger partial charge in [-0.25, -0.2) is 4.99 Å². The van der Waals surface area contributed by atoms with Crippen molar-refractivity contribution in [2.24, 2.45) is 4.99 Å². The van der Waals surface area contributed by atoms with Crippen molar-refractivity contribution in [3.8, 4) is 11.5 Å². The molecule has 0 amide bonds. The number of aliphatic imine (C=N–C) groups is 1. The SMILES string of the molecule is CN1CN(Cc2ccno2)C=C2C1=NC(Oc1cccc(OC(F)(F)F)c1)N2Cc1ccc(Cl)cc1. The van der Waals surface area contributed by atoms with E-state index in [1.54, 1.807) is 30.5 Å². The fourth-order valence-electron chi connectivity index (χ4n) is 3.99. The Kier molecular flexibility index (Phi) is 6.40. The number of alkyl halides is 3. The third kappa shape index (κ3) is 5.51. The van der Waals surface area contributed by atoms with Crippen LogP contribution in [0.5, 0.6) is 11.5 Å². The van der Waals surface area contributed by atoms with Gasteiger partial charge in [-0.1, -0.05) is 35.0 Å². The summed E-state index contributed by atoms with van der Waals surface area (Å²) in [5.74, 6) is 1.22. The Hall–Kier alpha value is -3.86. The highest BCUT2D eigenvalue weighted by molar-refractivity contribution is 6.30. The maximum atomic E-state index is 12.7. The summed E-state index contributed by atoms with van der Waals surface area (Å²) in [6.07, 6.45) is -2.08. The van der Waals surface area contributed by atoms with Gasteiger partial charge in [-0.15, -0.1) is 13.2 Å². The molecule has 12 heteroatoms. The van der Waals surface area contributed by atoms with E-state index in [4.69, 9.17) is 25.9 Å². The highest BCUT2D eigenvalue weighted by atomic mass is 35.5. The second-order valence-corrected chi connectivity index (χ2v) is 8.69. The molecule has 36 heavy (non-hydrogen) atoms. The predicted molar refractivity (Wildman–Crippen MR) is 125 cm³/mol. The molecule has 0 N–H and O–H groups in total. The zero-order valence-electron chi connectivity index (χ0n) is 19.0. The number of hydrogen-bond donors (Lipinski definition) is 0. The fraction of sp³-hybridized carbons (Fsp3) is 0.250. The van der Waals surface area contributed by atoms with Gasteiger partial charge in [0.25, 0.3) is 6.35 Å². The molecule has 1 atom stereocenters. The molecule has 0 spiro atoms. The molecule has 3 heterocycles. The molecule has 1 unspecified atom stereocenters. The Morgan fingerprint density at radius 2 is 1.86 bits per heavy atom. The number of ether oxygens (including phenoxy) is 2. The Bertz CT molecular complexity index is 1260. The molecule has 0 bridgehead atoms. The Morgan fingerprint density at radius 3 is 2.58 bits per heavy atom. The summed E-state index contributed by atoms with van der Waals surface area (Å²) in [4.78, 5) is 10.7. The lowest BCUT2D eigenvalue weighted by atomic mass is 10.2. The van der Waals surface area contributed by atoms with E-state index in [0.717, 1.165) is 11.3 Å². The molecule has 0 saturated heterocycles. The average Bonchev–Trinajstić information content (AvgIpc) is 3.43. The highest BCUT2D eigenvalue weighted by Crippen LogP contribution is 2.32. The first kappa shape index (κ1) is 23.9. The number of hydrogen-bond acceptors (Lipinski definition) is 8. The summed E-state index contributed by atoms with van der Waals surface area (Å²) in [6.45, 7) is 1.46. The van der Waals surface area contributed by atoms with Gasteiger partial charge in [0.15, 0.2) is 11.6 Å². The number of benzene rings is 2. The van der Waals surface area contributed by atoms with Crippen LogP contribution in [0.3, 0.4) is 0 Å². The summed E-state index contributed by atoms with van der Waals surface area (Å²) in [5.41, 5.74) is 1.75. The molecule has 5 rings (SSSR count). The van der Waals surface area contributed by atoms with Gasteiger partial charge >= 0.3 is 6.36 Å². The molecule has 2 aliphatic heterocycles. The molecule has 2 aliphatic rings. The number of likely N-dealkylation sites (N-methyl/N-ethyl adjacent to an activating group) is 1. The molecule has 0 fully saturated rings. The van der Waals surface area contributed by atoms with Gasteiger partial charge in [-0.3, -0.25) is 0 Å². The van der Waals surface area contributed by atoms with Gasteiger partial charge in [-0.05, 0) is 29.8 Å². The lowest BCUT2D eigenvalue weighted by molar-refractivity contribution is -0.274. The summed E-state index contributed by atoms with van der Waals surface area (Å²) in [7, 11) is 1.90. The van der Waals surface area contributed by atoms with Crippen LogP contribution < -0.4 is 9.47 Å². The highest BCUT2D eigenvalue weighted by Gasteiger charge is 2.38. The number of fused-ring (bicyclic) bond motifs is 1. The number of aromatic nitrogens is 1. The fourth-order valence-corrected chi connectivity index (χ4v) is 4.12. The van der Waals surface area contributed by atoms with Crippen molar-refractivity contribution in [3.05, 3.63) is 89.0 Å². The molecule has 0 aliphatic carbocycles. The summed E-state index contributed by atoms with van der Waals surface area (Å²) >= 11 is 6.05. The number of amidine groups is 1. The van der Waals surface area contributed by atoms with Crippen molar-refractivity contribution in [2.45, 2.75) is 25.8 Å². The molecule has 8 nitrogen and oxygen atoms in total. The molecule has 1 aromatic heterocycles. The first-order valence-corrected chi connectivity index (χ1v) is 11.3. The maximum absolute atomic E-state index is 12.7.